The van der Waals surface area contributed by atoms with Gasteiger partial charge in [-0.3, -0.25) is 14.5 Å². The van der Waals surface area contributed by atoms with Crippen LogP contribution in [0.1, 0.15) is 30.6 Å². The van der Waals surface area contributed by atoms with E-state index in [-0.39, 0.29) is 18.2 Å². The lowest BCUT2D eigenvalue weighted by molar-refractivity contribution is -0.130. The first-order chi connectivity index (χ1) is 8.98. The zero-order chi connectivity index (χ0) is 14.0. The number of urea groups is 1. The van der Waals surface area contributed by atoms with Crippen LogP contribution in [0.25, 0.3) is 0 Å². The van der Waals surface area contributed by atoms with Crippen molar-refractivity contribution in [1.29, 1.82) is 0 Å². The van der Waals surface area contributed by atoms with Gasteiger partial charge >= 0.3 is 6.03 Å². The van der Waals surface area contributed by atoms with Crippen LogP contribution in [0.4, 0.5) is 4.79 Å². The highest BCUT2D eigenvalue weighted by atomic mass is 16.2. The topological polar surface area (TPSA) is 66.5 Å². The van der Waals surface area contributed by atoms with Crippen LogP contribution >= 0.6 is 0 Å². The second-order valence-electron chi connectivity index (χ2n) is 4.80. The number of ketones is 1. The largest absolute Gasteiger partial charge is 0.325 e. The lowest BCUT2D eigenvalue weighted by Gasteiger charge is -2.18. The summed E-state index contributed by atoms with van der Waals surface area (Å²) in [5.74, 6) is -0.589. The van der Waals surface area contributed by atoms with E-state index in [0.29, 0.717) is 12.0 Å². The predicted molar refractivity (Wildman–Crippen MR) is 69.7 cm³/mol. The average Bonchev–Trinajstić information content (AvgIpc) is 2.64. The highest BCUT2D eigenvalue weighted by Gasteiger charge is 2.46. The van der Waals surface area contributed by atoms with Crippen molar-refractivity contribution in [2.45, 2.75) is 25.8 Å². The van der Waals surface area contributed by atoms with Gasteiger partial charge < -0.3 is 5.32 Å². The Bertz CT molecular complexity index is 527. The maximum Gasteiger partial charge on any atom is 0.325 e. The summed E-state index contributed by atoms with van der Waals surface area (Å²) in [5.41, 5.74) is -0.401. The van der Waals surface area contributed by atoms with Crippen molar-refractivity contribution in [2.75, 3.05) is 6.54 Å². The van der Waals surface area contributed by atoms with E-state index in [1.54, 1.807) is 37.3 Å². The Morgan fingerprint density at radius 1 is 1.26 bits per heavy atom. The number of Topliss-reactive ketones (excluding diaryl/α,β-unsaturated/α-hetero) is 1. The standard InChI is InChI=1S/C14H16N2O3/c1-3-14(2)12(18)16(13(19)15-14)9-11(17)10-7-5-4-6-8-10/h4-8H,3,9H2,1-2H3,(H,15,19). The molecule has 0 aliphatic carbocycles. The Hall–Kier alpha value is -2.17. The van der Waals surface area contributed by atoms with Crippen molar-refractivity contribution >= 4 is 17.7 Å². The molecular weight excluding hydrogens is 244 g/mol. The molecule has 19 heavy (non-hydrogen) atoms. The first kappa shape index (κ1) is 13.3. The monoisotopic (exact) mass is 260 g/mol. The molecule has 0 saturated carbocycles. The average molecular weight is 260 g/mol. The first-order valence-electron chi connectivity index (χ1n) is 6.20. The van der Waals surface area contributed by atoms with Crippen LogP contribution in [-0.4, -0.2) is 34.7 Å². The van der Waals surface area contributed by atoms with Crippen LogP contribution < -0.4 is 5.32 Å². The van der Waals surface area contributed by atoms with E-state index in [9.17, 15) is 14.4 Å². The number of hydrogen-bond acceptors (Lipinski definition) is 3. The number of carbonyl (C=O) groups excluding carboxylic acids is 3. The summed E-state index contributed by atoms with van der Waals surface area (Å²) in [6.07, 6.45) is 0.494. The summed E-state index contributed by atoms with van der Waals surface area (Å²) in [4.78, 5) is 36.9. The molecule has 1 N–H and O–H groups in total. The smallest absolute Gasteiger partial charge is 0.323 e. The fraction of sp³-hybridized carbons (Fsp3) is 0.357. The van der Waals surface area contributed by atoms with Gasteiger partial charge in [0, 0.05) is 5.56 Å². The Morgan fingerprint density at radius 3 is 2.42 bits per heavy atom. The molecule has 1 aromatic carbocycles. The van der Waals surface area contributed by atoms with Crippen LogP contribution in [0, 0.1) is 0 Å². The van der Waals surface area contributed by atoms with Gasteiger partial charge in [-0.2, -0.15) is 0 Å². The SMILES string of the molecule is CCC1(C)NC(=O)N(CC(=O)c2ccccc2)C1=O. The van der Waals surface area contributed by atoms with Crippen LogP contribution in [0.3, 0.4) is 0 Å². The fourth-order valence-corrected chi connectivity index (χ4v) is 1.99. The van der Waals surface area contributed by atoms with E-state index < -0.39 is 11.6 Å². The summed E-state index contributed by atoms with van der Waals surface area (Å²) in [7, 11) is 0. The summed E-state index contributed by atoms with van der Waals surface area (Å²) in [5, 5.41) is 2.62. The second kappa shape index (κ2) is 4.84. The molecule has 1 heterocycles. The molecule has 5 heteroatoms. The molecule has 1 atom stereocenters. The van der Waals surface area contributed by atoms with Gasteiger partial charge in [0.2, 0.25) is 0 Å². The molecule has 1 aliphatic heterocycles. The molecule has 1 unspecified atom stereocenters. The van der Waals surface area contributed by atoms with Crippen LogP contribution in [0.15, 0.2) is 30.3 Å². The quantitative estimate of drug-likeness (QED) is 0.660. The van der Waals surface area contributed by atoms with Gasteiger partial charge in [-0.15, -0.1) is 0 Å². The number of rotatable bonds is 4. The van der Waals surface area contributed by atoms with Gasteiger partial charge in [0.05, 0.1) is 6.54 Å². The van der Waals surface area contributed by atoms with E-state index in [1.165, 1.54) is 0 Å². The van der Waals surface area contributed by atoms with Gasteiger partial charge in [0.15, 0.2) is 5.78 Å². The molecule has 0 spiro atoms. The molecule has 0 aromatic heterocycles. The normalized spacial score (nSPS) is 22.5. The lowest BCUT2D eigenvalue weighted by atomic mass is 9.99. The summed E-state index contributed by atoms with van der Waals surface area (Å²) in [6, 6.07) is 8.13. The van der Waals surface area contributed by atoms with Crippen LogP contribution in [0.2, 0.25) is 0 Å². The summed E-state index contributed by atoms with van der Waals surface area (Å²) in [6.45, 7) is 3.27. The minimum absolute atomic E-state index is 0.218. The molecule has 5 nitrogen and oxygen atoms in total. The Kier molecular flexibility index (Phi) is 3.38. The van der Waals surface area contributed by atoms with Gasteiger partial charge in [0.25, 0.3) is 5.91 Å². The minimum Gasteiger partial charge on any atom is -0.323 e. The molecule has 2 rings (SSSR count). The third-order valence-corrected chi connectivity index (χ3v) is 3.45. The zero-order valence-electron chi connectivity index (χ0n) is 11.0. The highest BCUT2D eigenvalue weighted by Crippen LogP contribution is 2.21. The van der Waals surface area contributed by atoms with Gasteiger partial charge in [0.1, 0.15) is 5.54 Å². The summed E-state index contributed by atoms with van der Waals surface area (Å²) < 4.78 is 0. The maximum atomic E-state index is 12.1. The van der Waals surface area contributed by atoms with Gasteiger partial charge in [-0.05, 0) is 13.3 Å². The molecule has 1 fully saturated rings. The van der Waals surface area contributed by atoms with Crippen LogP contribution in [0.5, 0.6) is 0 Å². The minimum atomic E-state index is -0.895. The summed E-state index contributed by atoms with van der Waals surface area (Å²) >= 11 is 0. The van der Waals surface area contributed by atoms with Crippen molar-refractivity contribution < 1.29 is 14.4 Å². The van der Waals surface area contributed by atoms with Crippen molar-refractivity contribution in [2.24, 2.45) is 0 Å². The van der Waals surface area contributed by atoms with E-state index >= 15 is 0 Å². The van der Waals surface area contributed by atoms with Crippen molar-refractivity contribution in [3.05, 3.63) is 35.9 Å². The first-order valence-corrected chi connectivity index (χ1v) is 6.20. The van der Waals surface area contributed by atoms with Gasteiger partial charge in [-0.1, -0.05) is 37.3 Å². The Labute approximate surface area is 111 Å². The number of nitrogens with one attached hydrogen (secondary N) is 1. The molecule has 3 amide bonds. The van der Waals surface area contributed by atoms with E-state index in [2.05, 4.69) is 5.32 Å². The van der Waals surface area contributed by atoms with E-state index in [4.69, 9.17) is 0 Å². The lowest BCUT2D eigenvalue weighted by Crippen LogP contribution is -2.43. The van der Waals surface area contributed by atoms with Crippen molar-refractivity contribution in [1.82, 2.24) is 10.2 Å². The van der Waals surface area contributed by atoms with E-state index in [1.807, 2.05) is 6.92 Å². The number of carbonyl (C=O) groups is 3. The third kappa shape index (κ3) is 2.36. The fourth-order valence-electron chi connectivity index (χ4n) is 1.99. The third-order valence-electron chi connectivity index (χ3n) is 3.45. The zero-order valence-corrected chi connectivity index (χ0v) is 11.0. The molecule has 0 radical (unpaired) electrons. The van der Waals surface area contributed by atoms with Crippen molar-refractivity contribution in [3.8, 4) is 0 Å². The molecule has 100 valence electrons. The number of benzene rings is 1. The van der Waals surface area contributed by atoms with E-state index in [0.717, 1.165) is 4.90 Å². The van der Waals surface area contributed by atoms with Crippen LogP contribution in [-0.2, 0) is 4.79 Å². The molecule has 1 aromatic rings. The Morgan fingerprint density at radius 2 is 1.89 bits per heavy atom. The molecular formula is C14H16N2O3. The highest BCUT2D eigenvalue weighted by molar-refractivity contribution is 6.10. The Balaban J connectivity index is 2.14. The van der Waals surface area contributed by atoms with Gasteiger partial charge in [-0.25, -0.2) is 4.79 Å². The van der Waals surface area contributed by atoms with Crippen molar-refractivity contribution in [3.63, 3.8) is 0 Å². The second-order valence-corrected chi connectivity index (χ2v) is 4.80. The number of imide groups is 1. The molecule has 1 saturated heterocycles. The number of nitrogens with zero attached hydrogens (tertiary/aromatic N) is 1. The number of amides is 3. The number of hydrogen-bond donors (Lipinski definition) is 1. The maximum absolute atomic E-state index is 12.1. The predicted octanol–water partition coefficient (Wildman–Crippen LogP) is 1.59. The molecule has 1 aliphatic rings. The molecule has 0 bridgehead atoms.